The Hall–Kier alpha value is -2.23. The van der Waals surface area contributed by atoms with Crippen molar-refractivity contribution in [1.82, 2.24) is 9.97 Å². The highest BCUT2D eigenvalue weighted by atomic mass is 15.4. The molecule has 0 amide bonds. The van der Waals surface area contributed by atoms with Crippen molar-refractivity contribution in [3.63, 3.8) is 0 Å². The van der Waals surface area contributed by atoms with Gasteiger partial charge in [-0.05, 0) is 55.4 Å². The van der Waals surface area contributed by atoms with Gasteiger partial charge in [-0.1, -0.05) is 58.7 Å². The van der Waals surface area contributed by atoms with Crippen LogP contribution in [0.5, 0.6) is 0 Å². The van der Waals surface area contributed by atoms with Crippen LogP contribution in [0.3, 0.4) is 0 Å². The summed E-state index contributed by atoms with van der Waals surface area (Å²) in [5.74, 6) is 1.15. The Kier molecular flexibility index (Phi) is 7.76. The maximum absolute atomic E-state index is 4.60. The normalized spacial score (nSPS) is 12.9. The molecule has 0 saturated heterocycles. The molecule has 0 aliphatic heterocycles. The van der Waals surface area contributed by atoms with Crippen molar-refractivity contribution in [1.29, 1.82) is 0 Å². The van der Waals surface area contributed by atoms with Crippen LogP contribution in [0.25, 0.3) is 0 Å². The van der Waals surface area contributed by atoms with Crippen LogP contribution in [0.2, 0.25) is 0 Å². The van der Waals surface area contributed by atoms with Gasteiger partial charge in [0.1, 0.15) is 0 Å². The number of hydrazone groups is 1. The van der Waals surface area contributed by atoms with Crippen molar-refractivity contribution in [2.75, 3.05) is 5.43 Å². The van der Waals surface area contributed by atoms with Gasteiger partial charge in [0.25, 0.3) is 0 Å². The van der Waals surface area contributed by atoms with Crippen LogP contribution in [0, 0.1) is 0 Å². The molecule has 1 unspecified atom stereocenters. The first kappa shape index (κ1) is 20.1. The van der Waals surface area contributed by atoms with Gasteiger partial charge in [-0.2, -0.15) is 5.10 Å². The first-order valence-electron chi connectivity index (χ1n) is 9.84. The molecule has 0 bridgehead atoms. The Morgan fingerprint density at radius 3 is 2.27 bits per heavy atom. The molecule has 1 heterocycles. The predicted molar refractivity (Wildman–Crippen MR) is 111 cm³/mol. The summed E-state index contributed by atoms with van der Waals surface area (Å²) in [7, 11) is 0. The number of hydrogen-bond donors (Lipinski definition) is 1. The Morgan fingerprint density at radius 2 is 1.69 bits per heavy atom. The average Bonchev–Trinajstić information content (AvgIpc) is 2.66. The van der Waals surface area contributed by atoms with Gasteiger partial charge in [0.2, 0.25) is 5.95 Å². The topological polar surface area (TPSA) is 50.2 Å². The highest BCUT2D eigenvalue weighted by Gasteiger charge is 2.07. The van der Waals surface area contributed by atoms with E-state index in [1.807, 2.05) is 6.92 Å². The maximum Gasteiger partial charge on any atom is 0.243 e. The van der Waals surface area contributed by atoms with Crippen LogP contribution in [0.15, 0.2) is 35.4 Å². The smallest absolute Gasteiger partial charge is 0.243 e. The van der Waals surface area contributed by atoms with Gasteiger partial charge in [0.15, 0.2) is 0 Å². The van der Waals surface area contributed by atoms with E-state index in [0.29, 0.717) is 11.9 Å². The predicted octanol–water partition coefficient (Wildman–Crippen LogP) is 5.73. The molecule has 140 valence electrons. The molecule has 4 nitrogen and oxygen atoms in total. The minimum absolute atomic E-state index is 0.557. The minimum atomic E-state index is 0.557. The molecule has 1 aromatic carbocycles. The number of anilines is 1. The molecule has 0 radical (unpaired) electrons. The lowest BCUT2D eigenvalue weighted by atomic mass is 9.96. The minimum Gasteiger partial charge on any atom is -0.245 e. The van der Waals surface area contributed by atoms with Crippen molar-refractivity contribution in [3.05, 3.63) is 52.8 Å². The zero-order chi connectivity index (χ0) is 18.9. The third-order valence-corrected chi connectivity index (χ3v) is 4.65. The molecule has 2 rings (SSSR count). The number of rotatable bonds is 9. The van der Waals surface area contributed by atoms with Gasteiger partial charge in [-0.25, -0.2) is 15.4 Å². The number of aryl methyl sites for hydroxylation is 2. The van der Waals surface area contributed by atoms with Crippen molar-refractivity contribution in [2.45, 2.75) is 72.6 Å². The summed E-state index contributed by atoms with van der Waals surface area (Å²) < 4.78 is 0. The van der Waals surface area contributed by atoms with Gasteiger partial charge in [0.05, 0.1) is 5.71 Å². The van der Waals surface area contributed by atoms with Crippen LogP contribution in [-0.2, 0) is 12.8 Å². The van der Waals surface area contributed by atoms with Crippen molar-refractivity contribution >= 4 is 11.7 Å². The van der Waals surface area contributed by atoms with E-state index < -0.39 is 0 Å². The summed E-state index contributed by atoms with van der Waals surface area (Å²) >= 11 is 0. The first-order chi connectivity index (χ1) is 12.6. The number of nitrogens with one attached hydrogen (secondary N) is 1. The van der Waals surface area contributed by atoms with E-state index in [4.69, 9.17) is 0 Å². The maximum atomic E-state index is 4.60. The molecular formula is C22H32N4. The van der Waals surface area contributed by atoms with Gasteiger partial charge in [-0.15, -0.1) is 0 Å². The summed E-state index contributed by atoms with van der Waals surface area (Å²) in [6.45, 7) is 10.8. The molecule has 2 aromatic rings. The zero-order valence-electron chi connectivity index (χ0n) is 16.8. The second-order valence-corrected chi connectivity index (χ2v) is 6.92. The quantitative estimate of drug-likeness (QED) is 0.463. The third-order valence-electron chi connectivity index (χ3n) is 4.65. The van der Waals surface area contributed by atoms with Gasteiger partial charge < -0.3 is 0 Å². The summed E-state index contributed by atoms with van der Waals surface area (Å²) in [5.41, 5.74) is 8.66. The highest BCUT2D eigenvalue weighted by molar-refractivity contribution is 5.99. The molecule has 0 spiro atoms. The van der Waals surface area contributed by atoms with Crippen LogP contribution < -0.4 is 5.43 Å². The molecule has 4 heteroatoms. The Labute approximate surface area is 158 Å². The summed E-state index contributed by atoms with van der Waals surface area (Å²) in [4.78, 5) is 9.20. The fraction of sp³-hybridized carbons (Fsp3) is 0.500. The SMILES string of the molecule is CCCc1cc(CCC)nc(NN=C(C)c2cccc(C(C)CC)c2)n1. The molecule has 1 N–H and O–H groups in total. The van der Waals surface area contributed by atoms with E-state index in [2.05, 4.69) is 78.5 Å². The Balaban J connectivity index is 2.20. The fourth-order valence-electron chi connectivity index (χ4n) is 2.88. The number of hydrogen-bond acceptors (Lipinski definition) is 4. The zero-order valence-corrected chi connectivity index (χ0v) is 16.8. The standard InChI is InChI=1S/C22H32N4/c1-6-10-20-15-21(11-7-2)24-22(23-20)26-25-17(5)19-13-9-12-18(14-19)16(4)8-3/h9,12-16H,6-8,10-11H2,1-5H3,(H,23,24,26). The number of benzene rings is 1. The molecule has 26 heavy (non-hydrogen) atoms. The summed E-state index contributed by atoms with van der Waals surface area (Å²) in [5, 5.41) is 4.54. The van der Waals surface area contributed by atoms with Gasteiger partial charge >= 0.3 is 0 Å². The summed E-state index contributed by atoms with van der Waals surface area (Å²) in [6, 6.07) is 10.7. The van der Waals surface area contributed by atoms with E-state index in [0.717, 1.165) is 54.8 Å². The van der Waals surface area contributed by atoms with E-state index in [1.165, 1.54) is 5.56 Å². The lowest BCUT2D eigenvalue weighted by molar-refractivity contribution is 0.733. The van der Waals surface area contributed by atoms with E-state index in [1.54, 1.807) is 0 Å². The van der Waals surface area contributed by atoms with E-state index >= 15 is 0 Å². The molecule has 0 aliphatic rings. The Morgan fingerprint density at radius 1 is 1.04 bits per heavy atom. The largest absolute Gasteiger partial charge is 0.245 e. The monoisotopic (exact) mass is 352 g/mol. The van der Waals surface area contributed by atoms with Gasteiger partial charge in [0, 0.05) is 11.4 Å². The number of nitrogens with zero attached hydrogens (tertiary/aromatic N) is 3. The van der Waals surface area contributed by atoms with E-state index in [9.17, 15) is 0 Å². The average molecular weight is 353 g/mol. The molecule has 0 saturated carbocycles. The van der Waals surface area contributed by atoms with Crippen molar-refractivity contribution < 1.29 is 0 Å². The lowest BCUT2D eigenvalue weighted by Gasteiger charge is -2.11. The number of aromatic nitrogens is 2. The molecular weight excluding hydrogens is 320 g/mol. The molecule has 0 aliphatic carbocycles. The Bertz CT molecular complexity index is 712. The summed E-state index contributed by atoms with van der Waals surface area (Å²) in [6.07, 6.45) is 5.22. The van der Waals surface area contributed by atoms with Crippen LogP contribution in [0.1, 0.15) is 82.3 Å². The lowest BCUT2D eigenvalue weighted by Crippen LogP contribution is -2.06. The second kappa shape index (κ2) is 10.0. The molecule has 0 fully saturated rings. The van der Waals surface area contributed by atoms with E-state index in [-0.39, 0.29) is 0 Å². The second-order valence-electron chi connectivity index (χ2n) is 6.92. The fourth-order valence-corrected chi connectivity index (χ4v) is 2.88. The molecule has 1 atom stereocenters. The first-order valence-corrected chi connectivity index (χ1v) is 9.84. The van der Waals surface area contributed by atoms with Crippen LogP contribution in [0.4, 0.5) is 5.95 Å². The third kappa shape index (κ3) is 5.65. The van der Waals surface area contributed by atoms with Crippen molar-refractivity contribution in [3.8, 4) is 0 Å². The van der Waals surface area contributed by atoms with Crippen LogP contribution >= 0.6 is 0 Å². The van der Waals surface area contributed by atoms with Crippen LogP contribution in [-0.4, -0.2) is 15.7 Å². The van der Waals surface area contributed by atoms with Crippen molar-refractivity contribution in [2.24, 2.45) is 5.10 Å². The van der Waals surface area contributed by atoms with Gasteiger partial charge in [-0.3, -0.25) is 0 Å². The highest BCUT2D eigenvalue weighted by Crippen LogP contribution is 2.20. The molecule has 1 aromatic heterocycles.